The van der Waals surface area contributed by atoms with Crippen molar-refractivity contribution in [3.63, 3.8) is 0 Å². The van der Waals surface area contributed by atoms with E-state index in [1.165, 1.54) is 6.42 Å². The van der Waals surface area contributed by atoms with Crippen LogP contribution in [0.5, 0.6) is 0 Å². The SMILES string of the molecule is CCCCC(CC)Nc1cccc(S(N)(=O)=O)c1C. The molecule has 0 radical (unpaired) electrons. The van der Waals surface area contributed by atoms with E-state index in [0.717, 1.165) is 24.9 Å². The van der Waals surface area contributed by atoms with Gasteiger partial charge < -0.3 is 5.32 Å². The number of benzene rings is 1. The molecule has 0 saturated carbocycles. The molecule has 0 amide bonds. The molecule has 1 aromatic rings. The van der Waals surface area contributed by atoms with E-state index < -0.39 is 10.0 Å². The highest BCUT2D eigenvalue weighted by Crippen LogP contribution is 2.24. The summed E-state index contributed by atoms with van der Waals surface area (Å²) < 4.78 is 23.0. The minimum absolute atomic E-state index is 0.197. The van der Waals surface area contributed by atoms with Crippen molar-refractivity contribution in [3.8, 4) is 0 Å². The van der Waals surface area contributed by atoms with Crippen LogP contribution in [0.3, 0.4) is 0 Å². The van der Waals surface area contributed by atoms with Crippen LogP contribution < -0.4 is 10.5 Å². The fourth-order valence-electron chi connectivity index (χ4n) is 2.13. The summed E-state index contributed by atoms with van der Waals surface area (Å²) in [5.74, 6) is 0. The Morgan fingerprint density at radius 2 is 2.00 bits per heavy atom. The molecule has 0 aliphatic carbocycles. The smallest absolute Gasteiger partial charge is 0.238 e. The lowest BCUT2D eigenvalue weighted by Gasteiger charge is -2.20. The molecule has 0 saturated heterocycles. The van der Waals surface area contributed by atoms with Crippen LogP contribution in [0.1, 0.15) is 45.1 Å². The summed E-state index contributed by atoms with van der Waals surface area (Å²) in [6, 6.07) is 5.54. The highest BCUT2D eigenvalue weighted by Gasteiger charge is 2.15. The lowest BCUT2D eigenvalue weighted by Crippen LogP contribution is -2.20. The predicted molar refractivity (Wildman–Crippen MR) is 79.8 cm³/mol. The predicted octanol–water partition coefficient (Wildman–Crippen LogP) is 3.02. The highest BCUT2D eigenvalue weighted by atomic mass is 32.2. The van der Waals surface area contributed by atoms with E-state index in [2.05, 4.69) is 19.2 Å². The van der Waals surface area contributed by atoms with Gasteiger partial charge >= 0.3 is 0 Å². The zero-order valence-corrected chi connectivity index (χ0v) is 12.8. The zero-order valence-electron chi connectivity index (χ0n) is 11.9. The van der Waals surface area contributed by atoms with Gasteiger partial charge in [-0.3, -0.25) is 0 Å². The summed E-state index contributed by atoms with van der Waals surface area (Å²) >= 11 is 0. The van der Waals surface area contributed by atoms with Crippen LogP contribution in [0.4, 0.5) is 5.69 Å². The van der Waals surface area contributed by atoms with Crippen LogP contribution in [-0.4, -0.2) is 14.5 Å². The quantitative estimate of drug-likeness (QED) is 0.808. The van der Waals surface area contributed by atoms with Crippen molar-refractivity contribution in [1.82, 2.24) is 0 Å². The fraction of sp³-hybridized carbons (Fsp3) is 0.571. The molecule has 19 heavy (non-hydrogen) atoms. The van der Waals surface area contributed by atoms with Gasteiger partial charge in [0.1, 0.15) is 0 Å². The van der Waals surface area contributed by atoms with E-state index in [0.29, 0.717) is 11.6 Å². The number of nitrogens with two attached hydrogens (primary N) is 1. The van der Waals surface area contributed by atoms with E-state index in [-0.39, 0.29) is 4.90 Å². The molecule has 3 N–H and O–H groups in total. The van der Waals surface area contributed by atoms with E-state index in [1.807, 2.05) is 6.07 Å². The first-order valence-corrected chi connectivity index (χ1v) is 8.33. The van der Waals surface area contributed by atoms with Crippen LogP contribution in [0.15, 0.2) is 23.1 Å². The van der Waals surface area contributed by atoms with Gasteiger partial charge in [-0.05, 0) is 37.5 Å². The number of unbranched alkanes of at least 4 members (excludes halogenated alkanes) is 1. The summed E-state index contributed by atoms with van der Waals surface area (Å²) in [6.07, 6.45) is 4.43. The van der Waals surface area contributed by atoms with E-state index in [9.17, 15) is 8.42 Å². The Balaban J connectivity index is 2.95. The number of rotatable bonds is 7. The van der Waals surface area contributed by atoms with Gasteiger partial charge in [0.2, 0.25) is 10.0 Å². The molecule has 0 aliphatic heterocycles. The second-order valence-electron chi connectivity index (χ2n) is 4.87. The van der Waals surface area contributed by atoms with E-state index >= 15 is 0 Å². The molecule has 108 valence electrons. The van der Waals surface area contributed by atoms with E-state index in [1.54, 1.807) is 19.1 Å². The first kappa shape index (κ1) is 16.0. The Labute approximate surface area is 116 Å². The van der Waals surface area contributed by atoms with Gasteiger partial charge in [-0.1, -0.05) is 32.8 Å². The third-order valence-electron chi connectivity index (χ3n) is 3.35. The standard InChI is InChI=1S/C14H24N2O2S/c1-4-6-8-12(5-2)16-13-9-7-10-14(11(13)3)19(15,17)18/h7,9-10,12,16H,4-6,8H2,1-3H3,(H2,15,17,18). The summed E-state index contributed by atoms with van der Waals surface area (Å²) in [5.41, 5.74) is 1.55. The van der Waals surface area contributed by atoms with Gasteiger partial charge in [-0.25, -0.2) is 13.6 Å². The van der Waals surface area contributed by atoms with Gasteiger partial charge in [0.05, 0.1) is 4.90 Å². The van der Waals surface area contributed by atoms with Crippen molar-refractivity contribution in [3.05, 3.63) is 23.8 Å². The highest BCUT2D eigenvalue weighted by molar-refractivity contribution is 7.89. The van der Waals surface area contributed by atoms with Gasteiger partial charge in [-0.15, -0.1) is 0 Å². The Bertz CT molecular complexity index is 512. The summed E-state index contributed by atoms with van der Waals surface area (Å²) in [5, 5.41) is 8.64. The maximum Gasteiger partial charge on any atom is 0.238 e. The molecule has 0 bridgehead atoms. The summed E-state index contributed by atoms with van der Waals surface area (Å²) in [7, 11) is -3.66. The maximum absolute atomic E-state index is 11.5. The number of hydrogen-bond acceptors (Lipinski definition) is 3. The number of anilines is 1. The molecule has 1 aromatic carbocycles. The van der Waals surface area contributed by atoms with Crippen molar-refractivity contribution in [1.29, 1.82) is 0 Å². The molecule has 4 nitrogen and oxygen atoms in total. The van der Waals surface area contributed by atoms with Crippen LogP contribution in [0, 0.1) is 6.92 Å². The normalized spacial score (nSPS) is 13.3. The summed E-state index contributed by atoms with van der Waals surface area (Å²) in [6.45, 7) is 6.08. The first-order valence-electron chi connectivity index (χ1n) is 6.79. The summed E-state index contributed by atoms with van der Waals surface area (Å²) in [4.78, 5) is 0.197. The average Bonchev–Trinajstić information content (AvgIpc) is 2.35. The minimum Gasteiger partial charge on any atom is -0.382 e. The van der Waals surface area contributed by atoms with Crippen LogP contribution in [0.2, 0.25) is 0 Å². The van der Waals surface area contributed by atoms with Crippen LogP contribution >= 0.6 is 0 Å². The molecule has 0 heterocycles. The molecule has 0 spiro atoms. The number of primary sulfonamides is 1. The lowest BCUT2D eigenvalue weighted by atomic mass is 10.1. The Morgan fingerprint density at radius 3 is 2.53 bits per heavy atom. The third-order valence-corrected chi connectivity index (χ3v) is 4.40. The zero-order chi connectivity index (χ0) is 14.5. The van der Waals surface area contributed by atoms with E-state index in [4.69, 9.17) is 5.14 Å². The van der Waals surface area contributed by atoms with Crippen molar-refractivity contribution in [2.75, 3.05) is 5.32 Å². The van der Waals surface area contributed by atoms with Crippen molar-refractivity contribution < 1.29 is 8.42 Å². The molecule has 0 aromatic heterocycles. The number of sulfonamides is 1. The molecular formula is C14H24N2O2S. The molecule has 5 heteroatoms. The van der Waals surface area contributed by atoms with Gasteiger partial charge in [-0.2, -0.15) is 0 Å². The maximum atomic E-state index is 11.5. The molecule has 1 atom stereocenters. The van der Waals surface area contributed by atoms with Crippen molar-refractivity contribution in [2.45, 2.75) is 57.4 Å². The monoisotopic (exact) mass is 284 g/mol. The average molecular weight is 284 g/mol. The molecule has 0 fully saturated rings. The van der Waals surface area contributed by atoms with Crippen LogP contribution in [0.25, 0.3) is 0 Å². The third kappa shape index (κ3) is 4.51. The first-order chi connectivity index (χ1) is 8.90. The number of nitrogens with one attached hydrogen (secondary N) is 1. The van der Waals surface area contributed by atoms with Gasteiger partial charge in [0.25, 0.3) is 0 Å². The Hall–Kier alpha value is -1.07. The Morgan fingerprint density at radius 1 is 1.32 bits per heavy atom. The largest absolute Gasteiger partial charge is 0.382 e. The lowest BCUT2D eigenvalue weighted by molar-refractivity contribution is 0.591. The topological polar surface area (TPSA) is 72.2 Å². The Kier molecular flexibility index (Phi) is 5.82. The minimum atomic E-state index is -3.66. The van der Waals surface area contributed by atoms with Crippen molar-refractivity contribution in [2.24, 2.45) is 5.14 Å². The van der Waals surface area contributed by atoms with Crippen molar-refractivity contribution >= 4 is 15.7 Å². The fourth-order valence-corrected chi connectivity index (χ4v) is 2.93. The van der Waals surface area contributed by atoms with Crippen LogP contribution in [-0.2, 0) is 10.0 Å². The number of hydrogen-bond donors (Lipinski definition) is 2. The molecule has 1 rings (SSSR count). The van der Waals surface area contributed by atoms with Gasteiger partial charge in [0, 0.05) is 11.7 Å². The molecule has 0 aliphatic rings. The molecular weight excluding hydrogens is 260 g/mol. The second-order valence-corrected chi connectivity index (χ2v) is 6.40. The second kappa shape index (κ2) is 6.91. The van der Waals surface area contributed by atoms with Gasteiger partial charge in [0.15, 0.2) is 0 Å². The molecule has 1 unspecified atom stereocenters.